The van der Waals surface area contributed by atoms with Crippen LogP contribution in [0.1, 0.15) is 10.4 Å². The smallest absolute Gasteiger partial charge is 0.261 e. The molecular formula is C14H10F2N2O3. The number of rotatable bonds is 2. The van der Waals surface area contributed by atoms with Crippen molar-refractivity contribution in [2.24, 2.45) is 0 Å². The van der Waals surface area contributed by atoms with Gasteiger partial charge in [-0.3, -0.25) is 4.79 Å². The molecule has 0 spiro atoms. The van der Waals surface area contributed by atoms with Crippen LogP contribution in [-0.2, 0) is 0 Å². The molecule has 7 heteroatoms. The molecule has 0 saturated carbocycles. The van der Waals surface area contributed by atoms with Gasteiger partial charge in [0.15, 0.2) is 17.3 Å². The van der Waals surface area contributed by atoms with Crippen LogP contribution in [0.25, 0.3) is 0 Å². The van der Waals surface area contributed by atoms with Crippen molar-refractivity contribution in [3.63, 3.8) is 0 Å². The van der Waals surface area contributed by atoms with Gasteiger partial charge in [0, 0.05) is 11.8 Å². The maximum Gasteiger partial charge on any atom is 0.261 e. The summed E-state index contributed by atoms with van der Waals surface area (Å²) in [5.41, 5.74) is 4.63. The van der Waals surface area contributed by atoms with E-state index >= 15 is 0 Å². The summed E-state index contributed by atoms with van der Waals surface area (Å²) in [6, 6.07) is 6.62. The van der Waals surface area contributed by atoms with Crippen LogP contribution in [0.4, 0.5) is 20.2 Å². The number of carbonyl (C=O) groups is 1. The molecule has 21 heavy (non-hydrogen) atoms. The third-order valence-corrected chi connectivity index (χ3v) is 2.98. The molecule has 0 fully saturated rings. The van der Waals surface area contributed by atoms with Gasteiger partial charge in [-0.2, -0.15) is 0 Å². The van der Waals surface area contributed by atoms with Gasteiger partial charge < -0.3 is 20.5 Å². The Morgan fingerprint density at radius 3 is 2.71 bits per heavy atom. The molecule has 0 saturated heterocycles. The minimum Gasteiger partial charge on any atom is -0.454 e. The van der Waals surface area contributed by atoms with Gasteiger partial charge in [-0.05, 0) is 24.3 Å². The highest BCUT2D eigenvalue weighted by molar-refractivity contribution is 6.05. The summed E-state index contributed by atoms with van der Waals surface area (Å²) in [7, 11) is 0. The summed E-state index contributed by atoms with van der Waals surface area (Å²) in [5, 5.41) is 2.39. The standard InChI is InChI=1S/C14H10F2N2O3/c15-8-2-3-9(17)13(16)12(8)14(19)18-7-1-4-10-11(5-7)21-6-20-10/h1-5H,6,17H2,(H,18,19). The zero-order valence-electron chi connectivity index (χ0n) is 10.7. The van der Waals surface area contributed by atoms with Crippen LogP contribution in [0.5, 0.6) is 11.5 Å². The first-order valence-electron chi connectivity index (χ1n) is 6.01. The van der Waals surface area contributed by atoms with Gasteiger partial charge in [-0.25, -0.2) is 8.78 Å². The second-order valence-electron chi connectivity index (χ2n) is 4.35. The van der Waals surface area contributed by atoms with Crippen molar-refractivity contribution < 1.29 is 23.0 Å². The average Bonchev–Trinajstić information content (AvgIpc) is 2.91. The maximum atomic E-state index is 13.8. The van der Waals surface area contributed by atoms with Crippen molar-refractivity contribution in [2.75, 3.05) is 17.8 Å². The van der Waals surface area contributed by atoms with Gasteiger partial charge in [-0.15, -0.1) is 0 Å². The van der Waals surface area contributed by atoms with Crippen LogP contribution in [0, 0.1) is 11.6 Å². The van der Waals surface area contributed by atoms with Gasteiger partial charge >= 0.3 is 0 Å². The highest BCUT2D eigenvalue weighted by Crippen LogP contribution is 2.34. The molecule has 2 aromatic rings. The molecule has 2 aromatic carbocycles. The number of halogens is 2. The third kappa shape index (κ3) is 2.33. The van der Waals surface area contributed by atoms with Crippen molar-refractivity contribution >= 4 is 17.3 Å². The Bertz CT molecular complexity index is 734. The van der Waals surface area contributed by atoms with E-state index in [4.69, 9.17) is 15.2 Å². The molecule has 0 aromatic heterocycles. The molecule has 0 atom stereocenters. The monoisotopic (exact) mass is 292 g/mol. The number of ether oxygens (including phenoxy) is 2. The number of benzene rings is 2. The lowest BCUT2D eigenvalue weighted by molar-refractivity contribution is 0.101. The number of nitrogens with one attached hydrogen (secondary N) is 1. The third-order valence-electron chi connectivity index (χ3n) is 2.98. The summed E-state index contributed by atoms with van der Waals surface area (Å²) in [6.07, 6.45) is 0. The van der Waals surface area contributed by atoms with E-state index < -0.39 is 23.1 Å². The number of hydrogen-bond acceptors (Lipinski definition) is 4. The van der Waals surface area contributed by atoms with E-state index in [1.165, 1.54) is 12.1 Å². The molecule has 3 rings (SSSR count). The fraction of sp³-hybridized carbons (Fsp3) is 0.0714. The zero-order valence-corrected chi connectivity index (χ0v) is 10.7. The van der Waals surface area contributed by atoms with Crippen molar-refractivity contribution in [1.82, 2.24) is 0 Å². The lowest BCUT2D eigenvalue weighted by Crippen LogP contribution is -2.16. The summed E-state index contributed by atoms with van der Waals surface area (Å²) in [4.78, 5) is 12.0. The molecule has 0 radical (unpaired) electrons. The van der Waals surface area contributed by atoms with E-state index in [1.807, 2.05) is 0 Å². The highest BCUT2D eigenvalue weighted by Gasteiger charge is 2.21. The largest absolute Gasteiger partial charge is 0.454 e. The molecule has 5 nitrogen and oxygen atoms in total. The summed E-state index contributed by atoms with van der Waals surface area (Å²) >= 11 is 0. The second kappa shape index (κ2) is 4.93. The molecule has 1 amide bonds. The van der Waals surface area contributed by atoms with Crippen molar-refractivity contribution in [3.05, 3.63) is 47.5 Å². The van der Waals surface area contributed by atoms with E-state index in [0.717, 1.165) is 12.1 Å². The van der Waals surface area contributed by atoms with E-state index in [2.05, 4.69) is 5.32 Å². The molecule has 1 aliphatic rings. The quantitative estimate of drug-likeness (QED) is 0.834. The number of nitrogens with two attached hydrogens (primary N) is 1. The molecule has 0 unspecified atom stereocenters. The first-order valence-corrected chi connectivity index (χ1v) is 6.01. The van der Waals surface area contributed by atoms with Gasteiger partial charge in [0.25, 0.3) is 5.91 Å². The fourth-order valence-corrected chi connectivity index (χ4v) is 1.94. The van der Waals surface area contributed by atoms with Crippen molar-refractivity contribution in [2.45, 2.75) is 0 Å². The van der Waals surface area contributed by atoms with Gasteiger partial charge in [-0.1, -0.05) is 0 Å². The number of nitrogen functional groups attached to an aromatic ring is 1. The fourth-order valence-electron chi connectivity index (χ4n) is 1.94. The Morgan fingerprint density at radius 1 is 1.14 bits per heavy atom. The Hall–Kier alpha value is -2.83. The van der Waals surface area contributed by atoms with Crippen LogP contribution in [0.15, 0.2) is 30.3 Å². The number of carbonyl (C=O) groups excluding carboxylic acids is 1. The molecule has 0 bridgehead atoms. The molecule has 1 aliphatic heterocycles. The van der Waals surface area contributed by atoms with E-state index in [0.29, 0.717) is 17.2 Å². The summed E-state index contributed by atoms with van der Waals surface area (Å²) in [5.74, 6) is -2.03. The average molecular weight is 292 g/mol. The first-order chi connectivity index (χ1) is 10.1. The molecule has 108 valence electrons. The molecule has 0 aliphatic carbocycles. The number of fused-ring (bicyclic) bond motifs is 1. The SMILES string of the molecule is Nc1ccc(F)c(C(=O)Nc2ccc3c(c2)OCO3)c1F. The predicted octanol–water partition coefficient (Wildman–Crippen LogP) is 2.53. The molecule has 3 N–H and O–H groups in total. The van der Waals surface area contributed by atoms with Gasteiger partial charge in [0.1, 0.15) is 11.4 Å². The normalized spacial score (nSPS) is 12.3. The number of amides is 1. The molecular weight excluding hydrogens is 282 g/mol. The second-order valence-corrected chi connectivity index (χ2v) is 4.35. The predicted molar refractivity (Wildman–Crippen MR) is 71.3 cm³/mol. The Labute approximate surface area is 118 Å². The highest BCUT2D eigenvalue weighted by atomic mass is 19.1. The van der Waals surface area contributed by atoms with Crippen LogP contribution in [0.3, 0.4) is 0 Å². The lowest BCUT2D eigenvalue weighted by atomic mass is 10.1. The van der Waals surface area contributed by atoms with Gasteiger partial charge in [0.2, 0.25) is 6.79 Å². The van der Waals surface area contributed by atoms with E-state index in [9.17, 15) is 13.6 Å². The topological polar surface area (TPSA) is 73.6 Å². The van der Waals surface area contributed by atoms with Crippen LogP contribution in [0.2, 0.25) is 0 Å². The maximum absolute atomic E-state index is 13.8. The van der Waals surface area contributed by atoms with E-state index in [1.54, 1.807) is 6.07 Å². The Morgan fingerprint density at radius 2 is 1.90 bits per heavy atom. The summed E-state index contributed by atoms with van der Waals surface area (Å²) in [6.45, 7) is 0.0885. The first kappa shape index (κ1) is 13.2. The minimum atomic E-state index is -1.09. The van der Waals surface area contributed by atoms with Crippen LogP contribution in [-0.4, -0.2) is 12.7 Å². The number of hydrogen-bond donors (Lipinski definition) is 2. The zero-order chi connectivity index (χ0) is 15.0. The van der Waals surface area contributed by atoms with Crippen molar-refractivity contribution in [1.29, 1.82) is 0 Å². The van der Waals surface area contributed by atoms with Crippen LogP contribution >= 0.6 is 0 Å². The Balaban J connectivity index is 1.89. The minimum absolute atomic E-state index is 0.0885. The van der Waals surface area contributed by atoms with E-state index in [-0.39, 0.29) is 12.5 Å². The van der Waals surface area contributed by atoms with Crippen molar-refractivity contribution in [3.8, 4) is 11.5 Å². The van der Waals surface area contributed by atoms with Crippen LogP contribution < -0.4 is 20.5 Å². The lowest BCUT2D eigenvalue weighted by Gasteiger charge is -2.09. The number of anilines is 2. The van der Waals surface area contributed by atoms with Gasteiger partial charge in [0.05, 0.1) is 5.69 Å². The summed E-state index contributed by atoms with van der Waals surface area (Å²) < 4.78 is 37.6. The Kier molecular flexibility index (Phi) is 3.09. The molecule has 1 heterocycles.